The van der Waals surface area contributed by atoms with Crippen LogP contribution in [-0.2, 0) is 14.6 Å². The summed E-state index contributed by atoms with van der Waals surface area (Å²) in [5.74, 6) is 1.19. The molecule has 0 amide bonds. The van der Waals surface area contributed by atoms with Crippen LogP contribution in [0.5, 0.6) is 5.75 Å². The normalized spacial score (nSPS) is 15.7. The second-order valence-corrected chi connectivity index (χ2v) is 6.99. The molecule has 7 nitrogen and oxygen atoms in total. The van der Waals surface area contributed by atoms with Crippen LogP contribution >= 0.6 is 0 Å². The number of hydrogen-bond donors (Lipinski definition) is 0. The van der Waals surface area contributed by atoms with Gasteiger partial charge in [-0.3, -0.25) is 0 Å². The summed E-state index contributed by atoms with van der Waals surface area (Å²) in [6, 6.07) is 6.21. The standard InChI is InChI=1S/C15H18N2O5S/c1-11-16-14(15(22-11)17-7-9-21-10-8-17)23(18,19)13-5-3-12(20-2)4-6-13/h3-6H,7-10H2,1-2H3. The van der Waals surface area contributed by atoms with Crippen molar-refractivity contribution in [2.75, 3.05) is 38.3 Å². The monoisotopic (exact) mass is 338 g/mol. The Balaban J connectivity index is 2.02. The van der Waals surface area contributed by atoms with Crippen molar-refractivity contribution < 1.29 is 22.3 Å². The maximum atomic E-state index is 12.9. The molecular weight excluding hydrogens is 320 g/mol. The number of oxazole rings is 1. The van der Waals surface area contributed by atoms with Crippen LogP contribution in [0.15, 0.2) is 38.6 Å². The fraction of sp³-hybridized carbons (Fsp3) is 0.400. The molecule has 2 aromatic rings. The predicted molar refractivity (Wildman–Crippen MR) is 82.7 cm³/mol. The zero-order chi connectivity index (χ0) is 16.4. The molecule has 2 heterocycles. The van der Waals surface area contributed by atoms with E-state index in [1.165, 1.54) is 19.2 Å². The molecule has 0 atom stereocenters. The van der Waals surface area contributed by atoms with E-state index in [9.17, 15) is 8.42 Å². The van der Waals surface area contributed by atoms with Gasteiger partial charge in [0, 0.05) is 20.0 Å². The Morgan fingerprint density at radius 3 is 2.43 bits per heavy atom. The zero-order valence-electron chi connectivity index (χ0n) is 13.0. The second kappa shape index (κ2) is 6.21. The van der Waals surface area contributed by atoms with Crippen molar-refractivity contribution in [2.24, 2.45) is 0 Å². The van der Waals surface area contributed by atoms with Crippen LogP contribution in [0.25, 0.3) is 0 Å². The van der Waals surface area contributed by atoms with Crippen LogP contribution in [-0.4, -0.2) is 46.8 Å². The minimum atomic E-state index is -3.77. The highest BCUT2D eigenvalue weighted by atomic mass is 32.2. The number of aromatic nitrogens is 1. The molecular formula is C15H18N2O5S. The van der Waals surface area contributed by atoms with Crippen LogP contribution in [0, 0.1) is 6.92 Å². The van der Waals surface area contributed by atoms with Gasteiger partial charge in [0.25, 0.3) is 0 Å². The number of rotatable bonds is 4. The summed E-state index contributed by atoms with van der Waals surface area (Å²) >= 11 is 0. The molecule has 1 aromatic carbocycles. The second-order valence-electron chi connectivity index (χ2n) is 5.12. The van der Waals surface area contributed by atoms with Gasteiger partial charge in [0.15, 0.2) is 5.89 Å². The van der Waals surface area contributed by atoms with Gasteiger partial charge in [0.2, 0.25) is 20.7 Å². The summed E-state index contributed by atoms with van der Waals surface area (Å²) in [6.45, 7) is 3.83. The Labute approximate surface area is 134 Å². The number of methoxy groups -OCH3 is 1. The van der Waals surface area contributed by atoms with E-state index in [0.29, 0.717) is 37.9 Å². The molecule has 1 aromatic heterocycles. The number of nitrogens with zero attached hydrogens (tertiary/aromatic N) is 2. The van der Waals surface area contributed by atoms with Crippen LogP contribution in [0.2, 0.25) is 0 Å². The largest absolute Gasteiger partial charge is 0.497 e. The molecule has 23 heavy (non-hydrogen) atoms. The van der Waals surface area contributed by atoms with E-state index in [1.807, 2.05) is 4.90 Å². The van der Waals surface area contributed by atoms with Gasteiger partial charge in [0.1, 0.15) is 5.75 Å². The Morgan fingerprint density at radius 2 is 1.83 bits per heavy atom. The first kappa shape index (κ1) is 15.8. The van der Waals surface area contributed by atoms with E-state index in [-0.39, 0.29) is 15.8 Å². The van der Waals surface area contributed by atoms with E-state index in [0.717, 1.165) is 0 Å². The third-order valence-electron chi connectivity index (χ3n) is 3.61. The molecule has 0 bridgehead atoms. The highest BCUT2D eigenvalue weighted by Crippen LogP contribution is 2.31. The van der Waals surface area contributed by atoms with E-state index in [1.54, 1.807) is 19.1 Å². The van der Waals surface area contributed by atoms with E-state index in [4.69, 9.17) is 13.9 Å². The van der Waals surface area contributed by atoms with Crippen LogP contribution < -0.4 is 9.64 Å². The van der Waals surface area contributed by atoms with Gasteiger partial charge >= 0.3 is 0 Å². The number of sulfone groups is 1. The van der Waals surface area contributed by atoms with Gasteiger partial charge < -0.3 is 18.8 Å². The fourth-order valence-corrected chi connectivity index (χ4v) is 3.77. The van der Waals surface area contributed by atoms with Gasteiger partial charge in [-0.2, -0.15) is 4.98 Å². The number of morpholine rings is 1. The number of hydrogen-bond acceptors (Lipinski definition) is 7. The van der Waals surface area contributed by atoms with Gasteiger partial charge in [-0.25, -0.2) is 8.42 Å². The Morgan fingerprint density at radius 1 is 1.17 bits per heavy atom. The lowest BCUT2D eigenvalue weighted by atomic mass is 10.3. The molecule has 0 saturated carbocycles. The first-order valence-electron chi connectivity index (χ1n) is 7.21. The van der Waals surface area contributed by atoms with Crippen LogP contribution in [0.3, 0.4) is 0 Å². The minimum Gasteiger partial charge on any atom is -0.497 e. The van der Waals surface area contributed by atoms with Crippen molar-refractivity contribution in [1.82, 2.24) is 4.98 Å². The molecule has 0 radical (unpaired) electrons. The van der Waals surface area contributed by atoms with E-state index >= 15 is 0 Å². The third kappa shape index (κ3) is 3.04. The molecule has 3 rings (SSSR count). The van der Waals surface area contributed by atoms with Crippen LogP contribution in [0.4, 0.5) is 5.88 Å². The van der Waals surface area contributed by atoms with Crippen molar-refractivity contribution in [1.29, 1.82) is 0 Å². The third-order valence-corrected chi connectivity index (χ3v) is 5.28. The summed E-state index contributed by atoms with van der Waals surface area (Å²) in [4.78, 5) is 6.11. The van der Waals surface area contributed by atoms with Crippen molar-refractivity contribution in [3.05, 3.63) is 30.2 Å². The summed E-state index contributed by atoms with van der Waals surface area (Å²) < 4.78 is 41.7. The number of anilines is 1. The first-order chi connectivity index (χ1) is 11.0. The van der Waals surface area contributed by atoms with Gasteiger partial charge in [-0.15, -0.1) is 0 Å². The van der Waals surface area contributed by atoms with E-state index < -0.39 is 9.84 Å². The summed E-state index contributed by atoms with van der Waals surface area (Å²) in [7, 11) is -2.24. The highest BCUT2D eigenvalue weighted by Gasteiger charge is 2.31. The quantitative estimate of drug-likeness (QED) is 0.838. The van der Waals surface area contributed by atoms with E-state index in [2.05, 4.69) is 4.98 Å². The zero-order valence-corrected chi connectivity index (χ0v) is 13.8. The van der Waals surface area contributed by atoms with Crippen molar-refractivity contribution in [3.8, 4) is 5.75 Å². The van der Waals surface area contributed by atoms with Crippen molar-refractivity contribution >= 4 is 15.7 Å². The fourth-order valence-electron chi connectivity index (χ4n) is 2.41. The molecule has 1 fully saturated rings. The first-order valence-corrected chi connectivity index (χ1v) is 8.70. The molecule has 0 N–H and O–H groups in total. The number of aryl methyl sites for hydroxylation is 1. The lowest BCUT2D eigenvalue weighted by Crippen LogP contribution is -2.36. The summed E-state index contributed by atoms with van der Waals surface area (Å²) in [6.07, 6.45) is 0. The summed E-state index contributed by atoms with van der Waals surface area (Å²) in [5, 5.41) is -0.0536. The Bertz CT molecular complexity index is 777. The Hall–Kier alpha value is -2.06. The maximum absolute atomic E-state index is 12.9. The molecule has 1 aliphatic rings. The molecule has 8 heteroatoms. The predicted octanol–water partition coefficient (Wildman–Crippen LogP) is 1.66. The van der Waals surface area contributed by atoms with Gasteiger partial charge in [0.05, 0.1) is 25.2 Å². The minimum absolute atomic E-state index is 0.0536. The molecule has 0 aliphatic carbocycles. The number of benzene rings is 1. The van der Waals surface area contributed by atoms with Gasteiger partial charge in [-0.05, 0) is 24.3 Å². The van der Waals surface area contributed by atoms with Crippen molar-refractivity contribution in [3.63, 3.8) is 0 Å². The number of ether oxygens (including phenoxy) is 2. The SMILES string of the molecule is COc1ccc(S(=O)(=O)c2nc(C)oc2N2CCOCC2)cc1. The Kier molecular flexibility index (Phi) is 4.27. The molecule has 124 valence electrons. The summed E-state index contributed by atoms with van der Waals surface area (Å²) in [5.41, 5.74) is 0. The maximum Gasteiger partial charge on any atom is 0.236 e. The smallest absolute Gasteiger partial charge is 0.236 e. The molecule has 0 unspecified atom stereocenters. The van der Waals surface area contributed by atoms with Crippen molar-refractivity contribution in [2.45, 2.75) is 16.8 Å². The van der Waals surface area contributed by atoms with Gasteiger partial charge in [-0.1, -0.05) is 0 Å². The highest BCUT2D eigenvalue weighted by molar-refractivity contribution is 7.91. The molecule has 0 spiro atoms. The van der Waals surface area contributed by atoms with Crippen LogP contribution in [0.1, 0.15) is 5.89 Å². The lowest BCUT2D eigenvalue weighted by Gasteiger charge is -2.26. The molecule has 1 aliphatic heterocycles. The lowest BCUT2D eigenvalue weighted by molar-refractivity contribution is 0.120. The molecule has 1 saturated heterocycles. The average Bonchev–Trinajstić information content (AvgIpc) is 2.98. The topological polar surface area (TPSA) is 81.9 Å². The average molecular weight is 338 g/mol.